The van der Waals surface area contributed by atoms with Crippen molar-refractivity contribution in [1.82, 2.24) is 20.8 Å². The number of ether oxygens (including phenoxy) is 1. The Hall–Kier alpha value is -2.90. The van der Waals surface area contributed by atoms with Crippen LogP contribution in [0.5, 0.6) is 5.75 Å². The first-order valence-electron chi connectivity index (χ1n) is 8.86. The smallest absolute Gasteiger partial charge is 0.322 e. The molecule has 0 bridgehead atoms. The van der Waals surface area contributed by atoms with Gasteiger partial charge in [-0.05, 0) is 49.4 Å². The Morgan fingerprint density at radius 2 is 2.04 bits per heavy atom. The van der Waals surface area contributed by atoms with Gasteiger partial charge in [0.25, 0.3) is 5.91 Å². The van der Waals surface area contributed by atoms with E-state index in [1.54, 1.807) is 0 Å². The second-order valence-electron chi connectivity index (χ2n) is 7.14. The van der Waals surface area contributed by atoms with E-state index in [4.69, 9.17) is 9.26 Å². The van der Waals surface area contributed by atoms with Crippen molar-refractivity contribution in [1.29, 1.82) is 0 Å². The van der Waals surface area contributed by atoms with Gasteiger partial charge < -0.3 is 14.6 Å². The molecule has 0 unspecified atom stereocenters. The van der Waals surface area contributed by atoms with Crippen molar-refractivity contribution in [3.05, 3.63) is 29.7 Å². The fourth-order valence-corrected chi connectivity index (χ4v) is 4.08. The third-order valence-electron chi connectivity index (χ3n) is 5.59. The molecule has 2 fully saturated rings. The molecule has 26 heavy (non-hydrogen) atoms. The molecule has 134 valence electrons. The molecule has 3 heterocycles. The molecule has 3 amide bonds. The largest absolute Gasteiger partial charge is 0.493 e. The lowest BCUT2D eigenvalue weighted by atomic mass is 9.76. The molecule has 1 aromatic carbocycles. The number of carbonyl (C=O) groups excluding carboxylic acids is 2. The molecule has 2 aliphatic heterocycles. The third-order valence-corrected chi connectivity index (χ3v) is 5.59. The number of imide groups is 1. The maximum Gasteiger partial charge on any atom is 0.322 e. The van der Waals surface area contributed by atoms with Crippen LogP contribution in [0.4, 0.5) is 4.79 Å². The van der Waals surface area contributed by atoms with Gasteiger partial charge in [-0.2, -0.15) is 4.98 Å². The summed E-state index contributed by atoms with van der Waals surface area (Å²) in [4.78, 5) is 28.0. The number of benzene rings is 1. The van der Waals surface area contributed by atoms with Gasteiger partial charge in [0.05, 0.1) is 6.61 Å². The highest BCUT2D eigenvalue weighted by Gasteiger charge is 2.48. The van der Waals surface area contributed by atoms with Gasteiger partial charge in [-0.3, -0.25) is 10.1 Å². The highest BCUT2D eigenvalue weighted by Crippen LogP contribution is 2.39. The minimum atomic E-state index is -0.767. The standard InChI is InChI=1S/C18H18N4O4/c23-16-18(21-17(24)20-16)6-3-10(4-7-18)15-19-14(22-26-15)12-1-2-13-11(9-12)5-8-25-13/h1-2,9-10H,3-8H2,(H2,20,21,23,24). The Kier molecular flexibility index (Phi) is 3.28. The van der Waals surface area contributed by atoms with Crippen LogP contribution in [-0.2, 0) is 11.2 Å². The van der Waals surface area contributed by atoms with E-state index in [0.717, 1.165) is 23.3 Å². The quantitative estimate of drug-likeness (QED) is 0.798. The fraction of sp³-hybridized carbons (Fsp3) is 0.444. The molecule has 1 aliphatic carbocycles. The van der Waals surface area contributed by atoms with Gasteiger partial charge >= 0.3 is 6.03 Å². The van der Waals surface area contributed by atoms with Crippen LogP contribution in [0.2, 0.25) is 0 Å². The highest BCUT2D eigenvalue weighted by atomic mass is 16.5. The summed E-state index contributed by atoms with van der Waals surface area (Å²) in [6, 6.07) is 5.52. The second-order valence-corrected chi connectivity index (χ2v) is 7.14. The molecule has 0 atom stereocenters. The van der Waals surface area contributed by atoms with Crippen LogP contribution in [0.15, 0.2) is 22.7 Å². The summed E-state index contributed by atoms with van der Waals surface area (Å²) < 4.78 is 11.0. The minimum Gasteiger partial charge on any atom is -0.493 e. The minimum absolute atomic E-state index is 0.102. The van der Waals surface area contributed by atoms with Crippen molar-refractivity contribution < 1.29 is 18.8 Å². The summed E-state index contributed by atoms with van der Waals surface area (Å²) in [7, 11) is 0. The monoisotopic (exact) mass is 354 g/mol. The molecule has 8 heteroatoms. The van der Waals surface area contributed by atoms with Gasteiger partial charge in [0.2, 0.25) is 11.7 Å². The molecule has 8 nitrogen and oxygen atoms in total. The number of nitrogens with one attached hydrogen (secondary N) is 2. The van der Waals surface area contributed by atoms with E-state index in [1.807, 2.05) is 18.2 Å². The number of aromatic nitrogens is 2. The van der Waals surface area contributed by atoms with Gasteiger partial charge in [0.15, 0.2) is 0 Å². The molecular weight excluding hydrogens is 336 g/mol. The molecule has 1 spiro atoms. The summed E-state index contributed by atoms with van der Waals surface area (Å²) in [5, 5.41) is 9.22. The van der Waals surface area contributed by atoms with E-state index in [2.05, 4.69) is 20.8 Å². The van der Waals surface area contributed by atoms with E-state index in [9.17, 15) is 9.59 Å². The van der Waals surface area contributed by atoms with E-state index in [-0.39, 0.29) is 11.8 Å². The average Bonchev–Trinajstić information content (AvgIpc) is 3.35. The SMILES string of the molecule is O=C1NC(=O)C2(CCC(c3nc(-c4ccc5c(c4)CCO5)no3)CC2)N1. The number of urea groups is 1. The van der Waals surface area contributed by atoms with Crippen LogP contribution < -0.4 is 15.4 Å². The predicted octanol–water partition coefficient (Wildman–Crippen LogP) is 1.91. The van der Waals surface area contributed by atoms with Crippen LogP contribution in [0.25, 0.3) is 11.4 Å². The molecular formula is C18H18N4O4. The lowest BCUT2D eigenvalue weighted by molar-refractivity contribution is -0.125. The van der Waals surface area contributed by atoms with Gasteiger partial charge in [0.1, 0.15) is 11.3 Å². The van der Waals surface area contributed by atoms with Gasteiger partial charge in [0, 0.05) is 17.9 Å². The molecule has 1 saturated heterocycles. The molecule has 5 rings (SSSR count). The van der Waals surface area contributed by atoms with Gasteiger partial charge in [-0.1, -0.05) is 5.16 Å². The lowest BCUT2D eigenvalue weighted by Crippen LogP contribution is -2.49. The Morgan fingerprint density at radius 3 is 2.81 bits per heavy atom. The van der Waals surface area contributed by atoms with E-state index in [0.29, 0.717) is 44.0 Å². The van der Waals surface area contributed by atoms with Crippen LogP contribution in [0.1, 0.15) is 43.1 Å². The first-order valence-corrected chi connectivity index (χ1v) is 8.86. The first kappa shape index (κ1) is 15.4. The zero-order valence-corrected chi connectivity index (χ0v) is 14.1. The number of rotatable bonds is 2. The molecule has 1 aromatic heterocycles. The number of nitrogens with zero attached hydrogens (tertiary/aromatic N) is 2. The summed E-state index contributed by atoms with van der Waals surface area (Å²) in [6.45, 7) is 0.713. The van der Waals surface area contributed by atoms with Crippen LogP contribution >= 0.6 is 0 Å². The number of carbonyl (C=O) groups is 2. The van der Waals surface area contributed by atoms with Crippen molar-refractivity contribution >= 4 is 11.9 Å². The summed E-state index contributed by atoms with van der Waals surface area (Å²) in [5.74, 6) is 1.96. The van der Waals surface area contributed by atoms with Crippen LogP contribution in [-0.4, -0.2) is 34.2 Å². The van der Waals surface area contributed by atoms with Gasteiger partial charge in [-0.15, -0.1) is 0 Å². The van der Waals surface area contributed by atoms with E-state index < -0.39 is 11.6 Å². The molecule has 3 aliphatic rings. The number of fused-ring (bicyclic) bond motifs is 1. The maximum atomic E-state index is 12.0. The number of amides is 3. The van der Waals surface area contributed by atoms with Crippen molar-refractivity contribution in [2.45, 2.75) is 43.6 Å². The van der Waals surface area contributed by atoms with Crippen molar-refractivity contribution in [2.24, 2.45) is 0 Å². The van der Waals surface area contributed by atoms with Gasteiger partial charge in [-0.25, -0.2) is 4.79 Å². The van der Waals surface area contributed by atoms with E-state index >= 15 is 0 Å². The molecule has 0 radical (unpaired) electrons. The van der Waals surface area contributed by atoms with Crippen molar-refractivity contribution in [2.75, 3.05) is 6.61 Å². The first-order chi connectivity index (χ1) is 12.6. The van der Waals surface area contributed by atoms with E-state index in [1.165, 1.54) is 0 Å². The van der Waals surface area contributed by atoms with Crippen LogP contribution in [0, 0.1) is 0 Å². The second kappa shape index (κ2) is 5.55. The van der Waals surface area contributed by atoms with Crippen molar-refractivity contribution in [3.8, 4) is 17.1 Å². The topological polar surface area (TPSA) is 106 Å². The Balaban J connectivity index is 1.32. The molecule has 1 saturated carbocycles. The summed E-state index contributed by atoms with van der Waals surface area (Å²) >= 11 is 0. The third kappa shape index (κ3) is 2.36. The number of hydrogen-bond donors (Lipinski definition) is 2. The van der Waals surface area contributed by atoms with Crippen molar-refractivity contribution in [3.63, 3.8) is 0 Å². The Morgan fingerprint density at radius 1 is 1.19 bits per heavy atom. The molecule has 2 aromatic rings. The number of hydrogen-bond acceptors (Lipinski definition) is 6. The normalized spacial score (nSPS) is 27.2. The predicted molar refractivity (Wildman–Crippen MR) is 89.5 cm³/mol. The zero-order chi connectivity index (χ0) is 17.7. The van der Waals surface area contributed by atoms with Crippen LogP contribution in [0.3, 0.4) is 0 Å². The summed E-state index contributed by atoms with van der Waals surface area (Å²) in [5.41, 5.74) is 1.31. The maximum absolute atomic E-state index is 12.0. The fourth-order valence-electron chi connectivity index (χ4n) is 4.08. The summed E-state index contributed by atoms with van der Waals surface area (Å²) in [6.07, 6.45) is 3.47. The zero-order valence-electron chi connectivity index (χ0n) is 14.1. The average molecular weight is 354 g/mol. The molecule has 2 N–H and O–H groups in total. The lowest BCUT2D eigenvalue weighted by Gasteiger charge is -2.33. The highest BCUT2D eigenvalue weighted by molar-refractivity contribution is 6.07. The Labute approximate surface area is 149 Å². The Bertz CT molecular complexity index is 898.